The maximum absolute atomic E-state index is 11.7. The Morgan fingerprint density at radius 3 is 2.53 bits per heavy atom. The lowest BCUT2D eigenvalue weighted by atomic mass is 10.4. The molecular formula is C13H22N4OS. The fourth-order valence-electron chi connectivity index (χ4n) is 1.64. The molecule has 1 aromatic heterocycles. The second kappa shape index (κ2) is 7.78. The van der Waals surface area contributed by atoms with Gasteiger partial charge in [-0.05, 0) is 17.9 Å². The minimum Gasteiger partial charge on any atom is -0.351 e. The Kier molecular flexibility index (Phi) is 6.35. The molecule has 1 rings (SSSR count). The molecule has 0 saturated heterocycles. The molecule has 1 amide bonds. The maximum Gasteiger partial charge on any atom is 0.261 e. The van der Waals surface area contributed by atoms with Crippen LogP contribution in [0.15, 0.2) is 22.5 Å². The van der Waals surface area contributed by atoms with Gasteiger partial charge in [-0.3, -0.25) is 9.79 Å². The van der Waals surface area contributed by atoms with Crippen LogP contribution in [0.1, 0.15) is 16.1 Å². The third-order valence-electron chi connectivity index (χ3n) is 2.42. The monoisotopic (exact) mass is 282 g/mol. The van der Waals surface area contributed by atoms with Crippen molar-refractivity contribution >= 4 is 23.2 Å². The largest absolute Gasteiger partial charge is 0.351 e. The van der Waals surface area contributed by atoms with Crippen molar-refractivity contribution in [3.05, 3.63) is 22.4 Å². The number of aliphatic imine (C=N–C) groups is 1. The van der Waals surface area contributed by atoms with Crippen LogP contribution >= 0.6 is 11.3 Å². The summed E-state index contributed by atoms with van der Waals surface area (Å²) in [5.74, 6) is 0.934. The lowest BCUT2D eigenvalue weighted by Gasteiger charge is -2.22. The molecule has 0 fully saturated rings. The zero-order chi connectivity index (χ0) is 14.3. The van der Waals surface area contributed by atoms with Gasteiger partial charge in [0.2, 0.25) is 0 Å². The molecule has 0 unspecified atom stereocenters. The van der Waals surface area contributed by atoms with Gasteiger partial charge in [0.15, 0.2) is 5.96 Å². The summed E-state index contributed by atoms with van der Waals surface area (Å²) in [5.41, 5.74) is 0. The van der Waals surface area contributed by atoms with E-state index in [2.05, 4.69) is 10.3 Å². The first-order valence-corrected chi connectivity index (χ1v) is 7.11. The Bertz CT molecular complexity index is 402. The number of carbonyl (C=O) groups excluding carboxylic acids is 1. The quantitative estimate of drug-likeness (QED) is 0.504. The van der Waals surface area contributed by atoms with Gasteiger partial charge < -0.3 is 15.1 Å². The van der Waals surface area contributed by atoms with Crippen molar-refractivity contribution in [1.29, 1.82) is 0 Å². The van der Waals surface area contributed by atoms with Crippen molar-refractivity contribution in [2.75, 3.05) is 41.3 Å². The summed E-state index contributed by atoms with van der Waals surface area (Å²) < 4.78 is 0. The zero-order valence-electron chi connectivity index (χ0n) is 12.0. The number of amides is 1. The molecule has 106 valence electrons. The predicted molar refractivity (Wildman–Crippen MR) is 80.9 cm³/mol. The Hall–Kier alpha value is -1.56. The van der Waals surface area contributed by atoms with Gasteiger partial charge in [-0.2, -0.15) is 0 Å². The van der Waals surface area contributed by atoms with E-state index >= 15 is 0 Å². The van der Waals surface area contributed by atoms with Crippen LogP contribution in [-0.2, 0) is 0 Å². The van der Waals surface area contributed by atoms with E-state index < -0.39 is 0 Å². The highest BCUT2D eigenvalue weighted by atomic mass is 32.1. The summed E-state index contributed by atoms with van der Waals surface area (Å²) in [4.78, 5) is 20.9. The fraction of sp³-hybridized carbons (Fsp3) is 0.538. The summed E-state index contributed by atoms with van der Waals surface area (Å²) in [6.45, 7) is 1.35. The standard InChI is InChI=1S/C13H22N4OS/c1-16(2)13(17(3)4)15-9-6-8-14-12(18)11-7-5-10-19-11/h5,7,10H,6,8-9H2,1-4H3,(H,14,18). The highest BCUT2D eigenvalue weighted by molar-refractivity contribution is 7.12. The van der Waals surface area contributed by atoms with Gasteiger partial charge in [0.25, 0.3) is 5.91 Å². The molecule has 0 aliphatic heterocycles. The zero-order valence-corrected chi connectivity index (χ0v) is 12.8. The van der Waals surface area contributed by atoms with Gasteiger partial charge in [0, 0.05) is 41.3 Å². The molecule has 1 N–H and O–H groups in total. The molecule has 19 heavy (non-hydrogen) atoms. The Balaban J connectivity index is 2.27. The van der Waals surface area contributed by atoms with Crippen LogP contribution in [0.2, 0.25) is 0 Å². The van der Waals surface area contributed by atoms with Crippen molar-refractivity contribution in [2.24, 2.45) is 4.99 Å². The van der Waals surface area contributed by atoms with Gasteiger partial charge in [-0.15, -0.1) is 11.3 Å². The van der Waals surface area contributed by atoms with E-state index in [-0.39, 0.29) is 5.91 Å². The van der Waals surface area contributed by atoms with Crippen molar-refractivity contribution in [3.8, 4) is 0 Å². The molecule has 1 aromatic rings. The molecule has 0 bridgehead atoms. The van der Waals surface area contributed by atoms with Crippen molar-refractivity contribution in [1.82, 2.24) is 15.1 Å². The molecule has 1 heterocycles. The first-order valence-electron chi connectivity index (χ1n) is 6.23. The normalized spacial score (nSPS) is 9.89. The van der Waals surface area contributed by atoms with Crippen LogP contribution < -0.4 is 5.32 Å². The van der Waals surface area contributed by atoms with E-state index in [1.54, 1.807) is 0 Å². The van der Waals surface area contributed by atoms with Gasteiger partial charge in [-0.1, -0.05) is 6.07 Å². The van der Waals surface area contributed by atoms with Crippen molar-refractivity contribution in [2.45, 2.75) is 6.42 Å². The van der Waals surface area contributed by atoms with Crippen LogP contribution in [0, 0.1) is 0 Å². The number of nitrogens with one attached hydrogen (secondary N) is 1. The van der Waals surface area contributed by atoms with Crippen molar-refractivity contribution in [3.63, 3.8) is 0 Å². The minimum atomic E-state index is -0.000535. The second-order valence-corrected chi connectivity index (χ2v) is 5.51. The van der Waals surface area contributed by atoms with Gasteiger partial charge in [-0.25, -0.2) is 0 Å². The molecule has 5 nitrogen and oxygen atoms in total. The van der Waals surface area contributed by atoms with E-state index in [0.717, 1.165) is 17.3 Å². The highest BCUT2D eigenvalue weighted by Crippen LogP contribution is 2.07. The van der Waals surface area contributed by atoms with Crippen molar-refractivity contribution < 1.29 is 4.79 Å². The molecule has 6 heteroatoms. The van der Waals surface area contributed by atoms with E-state index in [1.165, 1.54) is 11.3 Å². The fourth-order valence-corrected chi connectivity index (χ4v) is 2.28. The summed E-state index contributed by atoms with van der Waals surface area (Å²) in [5, 5.41) is 4.79. The summed E-state index contributed by atoms with van der Waals surface area (Å²) in [7, 11) is 7.88. The molecule has 0 aliphatic carbocycles. The third kappa shape index (κ3) is 5.30. The van der Waals surface area contributed by atoms with Gasteiger partial charge in [0.1, 0.15) is 0 Å². The molecule has 0 atom stereocenters. The number of nitrogens with zero attached hydrogens (tertiary/aromatic N) is 3. The Morgan fingerprint density at radius 2 is 2.00 bits per heavy atom. The molecular weight excluding hydrogens is 260 g/mol. The lowest BCUT2D eigenvalue weighted by molar-refractivity contribution is 0.0957. The molecule has 0 aliphatic rings. The first kappa shape index (κ1) is 15.5. The summed E-state index contributed by atoms with van der Waals surface area (Å²) >= 11 is 1.45. The first-order chi connectivity index (χ1) is 9.02. The van der Waals surface area contributed by atoms with Crippen LogP contribution in [0.25, 0.3) is 0 Å². The smallest absolute Gasteiger partial charge is 0.261 e. The van der Waals surface area contributed by atoms with Crippen LogP contribution in [0.5, 0.6) is 0 Å². The Labute approximate surface area is 118 Å². The lowest BCUT2D eigenvalue weighted by Crippen LogP contribution is -2.35. The number of hydrogen-bond acceptors (Lipinski definition) is 3. The second-order valence-electron chi connectivity index (χ2n) is 4.56. The minimum absolute atomic E-state index is 0.000535. The van der Waals surface area contributed by atoms with Crippen LogP contribution in [-0.4, -0.2) is 62.9 Å². The number of carbonyl (C=O) groups is 1. The van der Waals surface area contributed by atoms with Gasteiger partial charge >= 0.3 is 0 Å². The topological polar surface area (TPSA) is 47.9 Å². The molecule has 0 saturated carbocycles. The number of hydrogen-bond donors (Lipinski definition) is 1. The maximum atomic E-state index is 11.7. The summed E-state index contributed by atoms with van der Waals surface area (Å²) in [6.07, 6.45) is 0.836. The van der Waals surface area contributed by atoms with E-state index in [0.29, 0.717) is 13.1 Å². The molecule has 0 aromatic carbocycles. The third-order valence-corrected chi connectivity index (χ3v) is 3.29. The SMILES string of the molecule is CN(C)C(=NCCCNC(=O)c1cccs1)N(C)C. The van der Waals surface area contributed by atoms with E-state index in [1.807, 2.05) is 55.5 Å². The van der Waals surface area contributed by atoms with E-state index in [4.69, 9.17) is 0 Å². The highest BCUT2D eigenvalue weighted by Gasteiger charge is 2.05. The number of rotatable bonds is 5. The number of thiophene rings is 1. The van der Waals surface area contributed by atoms with Gasteiger partial charge in [0.05, 0.1) is 4.88 Å². The van der Waals surface area contributed by atoms with Crippen LogP contribution in [0.4, 0.5) is 0 Å². The Morgan fingerprint density at radius 1 is 1.32 bits per heavy atom. The van der Waals surface area contributed by atoms with Crippen LogP contribution in [0.3, 0.4) is 0 Å². The average Bonchev–Trinajstić information content (AvgIpc) is 2.85. The summed E-state index contributed by atoms with van der Waals surface area (Å²) in [6, 6.07) is 3.71. The van der Waals surface area contributed by atoms with E-state index in [9.17, 15) is 4.79 Å². The molecule has 0 radical (unpaired) electrons. The average molecular weight is 282 g/mol. The number of guanidine groups is 1. The predicted octanol–water partition coefficient (Wildman–Crippen LogP) is 1.35. The molecule has 0 spiro atoms.